The van der Waals surface area contributed by atoms with Crippen LogP contribution in [0.25, 0.3) is 0 Å². The number of fused-ring (bicyclic) bond motifs is 1. The molecule has 0 aliphatic carbocycles. The molecule has 2 atom stereocenters. The number of hydrogen-bond donors (Lipinski definition) is 1. The largest absolute Gasteiger partial charge is 0.342 e. The third kappa shape index (κ3) is 3.23. The zero-order valence-corrected chi connectivity index (χ0v) is 12.0. The van der Waals surface area contributed by atoms with Gasteiger partial charge in [0.05, 0.1) is 6.54 Å². The molecule has 0 aromatic carbocycles. The number of likely N-dealkylation sites (N-methyl/N-ethyl adjacent to an activating group) is 1. The summed E-state index contributed by atoms with van der Waals surface area (Å²) in [6.07, 6.45) is 2.35. The number of carbonyl (C=O) groups is 1. The zero-order chi connectivity index (χ0) is 13.1. The fourth-order valence-corrected chi connectivity index (χ4v) is 2.96. The molecule has 0 saturated carbocycles. The van der Waals surface area contributed by atoms with Crippen molar-refractivity contribution in [3.8, 4) is 0 Å². The molecule has 0 radical (unpaired) electrons. The van der Waals surface area contributed by atoms with Crippen molar-refractivity contribution in [1.29, 1.82) is 0 Å². The minimum atomic E-state index is 0.305. The van der Waals surface area contributed by atoms with Crippen LogP contribution in [0.2, 0.25) is 0 Å². The Labute approximate surface area is 111 Å². The topological polar surface area (TPSA) is 35.6 Å². The molecule has 0 unspecified atom stereocenters. The van der Waals surface area contributed by atoms with Gasteiger partial charge in [-0.05, 0) is 58.7 Å². The number of nitrogens with zero attached hydrogens (tertiary/aromatic N) is 2. The van der Waals surface area contributed by atoms with E-state index < -0.39 is 0 Å². The fraction of sp³-hybridized carbons (Fsp3) is 0.929. The van der Waals surface area contributed by atoms with Crippen molar-refractivity contribution in [3.05, 3.63) is 0 Å². The first kappa shape index (κ1) is 13.8. The number of hydrogen-bond acceptors (Lipinski definition) is 3. The second-order valence-electron chi connectivity index (χ2n) is 6.15. The first-order valence-electron chi connectivity index (χ1n) is 7.26. The second kappa shape index (κ2) is 6.02. The average molecular weight is 253 g/mol. The van der Waals surface area contributed by atoms with Gasteiger partial charge in [0.2, 0.25) is 5.91 Å². The Morgan fingerprint density at radius 2 is 1.83 bits per heavy atom. The molecule has 2 saturated heterocycles. The first-order valence-corrected chi connectivity index (χ1v) is 7.26. The van der Waals surface area contributed by atoms with Gasteiger partial charge in [-0.25, -0.2) is 0 Å². The fourth-order valence-electron chi connectivity index (χ4n) is 2.96. The monoisotopic (exact) mass is 253 g/mol. The van der Waals surface area contributed by atoms with Crippen LogP contribution in [0.15, 0.2) is 0 Å². The molecule has 1 amide bonds. The highest BCUT2D eigenvalue weighted by atomic mass is 16.2. The van der Waals surface area contributed by atoms with Crippen LogP contribution < -0.4 is 5.32 Å². The number of carbonyl (C=O) groups excluding carboxylic acids is 1. The summed E-state index contributed by atoms with van der Waals surface area (Å²) >= 11 is 0. The van der Waals surface area contributed by atoms with Crippen molar-refractivity contribution in [2.24, 2.45) is 11.8 Å². The number of nitrogens with one attached hydrogen (secondary N) is 1. The van der Waals surface area contributed by atoms with Gasteiger partial charge in [-0.15, -0.1) is 0 Å². The van der Waals surface area contributed by atoms with E-state index in [2.05, 4.69) is 29.0 Å². The van der Waals surface area contributed by atoms with Gasteiger partial charge in [-0.1, -0.05) is 0 Å². The summed E-state index contributed by atoms with van der Waals surface area (Å²) in [5.74, 6) is 1.90. The zero-order valence-electron chi connectivity index (χ0n) is 12.0. The second-order valence-corrected chi connectivity index (χ2v) is 6.15. The third-order valence-corrected chi connectivity index (χ3v) is 4.64. The minimum absolute atomic E-state index is 0.305. The molecular weight excluding hydrogens is 226 g/mol. The van der Waals surface area contributed by atoms with Crippen LogP contribution in [0.4, 0.5) is 0 Å². The molecule has 0 spiro atoms. The Morgan fingerprint density at radius 1 is 1.28 bits per heavy atom. The van der Waals surface area contributed by atoms with Crippen LogP contribution in [0.3, 0.4) is 0 Å². The molecule has 0 aromatic rings. The predicted molar refractivity (Wildman–Crippen MR) is 73.4 cm³/mol. The number of amides is 1. The summed E-state index contributed by atoms with van der Waals surface area (Å²) in [6.45, 7) is 9.03. The number of rotatable bonds is 3. The Balaban J connectivity index is 1.84. The Morgan fingerprint density at radius 3 is 2.33 bits per heavy atom. The number of likely N-dealkylation sites (tertiary alicyclic amines) is 1. The molecule has 2 aliphatic heterocycles. The molecule has 4 heteroatoms. The average Bonchev–Trinajstić information content (AvgIpc) is 2.67. The molecule has 0 aromatic heterocycles. The van der Waals surface area contributed by atoms with E-state index in [0.29, 0.717) is 18.5 Å². The van der Waals surface area contributed by atoms with Gasteiger partial charge >= 0.3 is 0 Å². The molecule has 2 heterocycles. The molecular formula is C14H27N3O. The summed E-state index contributed by atoms with van der Waals surface area (Å²) < 4.78 is 0. The van der Waals surface area contributed by atoms with Gasteiger partial charge in [0.25, 0.3) is 0 Å². The van der Waals surface area contributed by atoms with Gasteiger partial charge in [0.1, 0.15) is 0 Å². The molecule has 18 heavy (non-hydrogen) atoms. The van der Waals surface area contributed by atoms with E-state index in [1.54, 1.807) is 0 Å². The SMILES string of the molecule is CC(C)N(C)CC(=O)N1CC[C@@H]2CNC[C@@H]2CC1. The van der Waals surface area contributed by atoms with Crippen molar-refractivity contribution in [2.45, 2.75) is 32.7 Å². The summed E-state index contributed by atoms with van der Waals surface area (Å²) in [5, 5.41) is 3.47. The highest BCUT2D eigenvalue weighted by Crippen LogP contribution is 2.27. The van der Waals surface area contributed by atoms with Gasteiger partial charge in [-0.3, -0.25) is 9.69 Å². The van der Waals surface area contributed by atoms with Gasteiger partial charge in [0.15, 0.2) is 0 Å². The third-order valence-electron chi connectivity index (χ3n) is 4.64. The molecule has 104 valence electrons. The lowest BCUT2D eigenvalue weighted by atomic mass is 9.92. The van der Waals surface area contributed by atoms with E-state index in [1.807, 2.05) is 7.05 Å². The molecule has 2 rings (SSSR count). The smallest absolute Gasteiger partial charge is 0.236 e. The molecule has 4 nitrogen and oxygen atoms in total. The maximum absolute atomic E-state index is 12.3. The first-order chi connectivity index (χ1) is 8.58. The van der Waals surface area contributed by atoms with Gasteiger partial charge in [-0.2, -0.15) is 0 Å². The van der Waals surface area contributed by atoms with E-state index in [9.17, 15) is 4.79 Å². The van der Waals surface area contributed by atoms with Crippen molar-refractivity contribution in [3.63, 3.8) is 0 Å². The van der Waals surface area contributed by atoms with E-state index in [-0.39, 0.29) is 0 Å². The van der Waals surface area contributed by atoms with Crippen LogP contribution in [-0.2, 0) is 4.79 Å². The van der Waals surface area contributed by atoms with Crippen LogP contribution in [-0.4, -0.2) is 61.5 Å². The molecule has 2 fully saturated rings. The lowest BCUT2D eigenvalue weighted by molar-refractivity contribution is -0.132. The summed E-state index contributed by atoms with van der Waals surface area (Å²) in [6, 6.07) is 0.435. The summed E-state index contributed by atoms with van der Waals surface area (Å²) in [7, 11) is 2.03. The van der Waals surface area contributed by atoms with Crippen LogP contribution in [0.1, 0.15) is 26.7 Å². The van der Waals surface area contributed by atoms with Crippen molar-refractivity contribution in [1.82, 2.24) is 15.1 Å². The minimum Gasteiger partial charge on any atom is -0.342 e. The lowest BCUT2D eigenvalue weighted by Gasteiger charge is -2.26. The van der Waals surface area contributed by atoms with Crippen LogP contribution in [0, 0.1) is 11.8 Å². The predicted octanol–water partition coefficient (Wildman–Crippen LogP) is 0.785. The summed E-state index contributed by atoms with van der Waals surface area (Å²) in [5.41, 5.74) is 0. The quantitative estimate of drug-likeness (QED) is 0.807. The maximum Gasteiger partial charge on any atom is 0.236 e. The van der Waals surface area contributed by atoms with E-state index in [4.69, 9.17) is 0 Å². The van der Waals surface area contributed by atoms with E-state index in [1.165, 1.54) is 12.8 Å². The molecule has 2 aliphatic rings. The highest BCUT2D eigenvalue weighted by molar-refractivity contribution is 5.78. The molecule has 0 bridgehead atoms. The standard InChI is InChI=1S/C14H27N3O/c1-11(2)16(3)10-14(18)17-6-4-12-8-15-9-13(12)5-7-17/h11-13,15H,4-10H2,1-3H3/t12-,13+. The van der Waals surface area contributed by atoms with Gasteiger partial charge < -0.3 is 10.2 Å². The van der Waals surface area contributed by atoms with Crippen molar-refractivity contribution < 1.29 is 4.79 Å². The molecule has 1 N–H and O–H groups in total. The lowest BCUT2D eigenvalue weighted by Crippen LogP contribution is -2.41. The Bertz CT molecular complexity index is 279. The van der Waals surface area contributed by atoms with Crippen molar-refractivity contribution in [2.75, 3.05) is 39.8 Å². The van der Waals surface area contributed by atoms with Crippen LogP contribution >= 0.6 is 0 Å². The maximum atomic E-state index is 12.3. The Hall–Kier alpha value is -0.610. The Kier molecular flexibility index (Phi) is 4.62. The van der Waals surface area contributed by atoms with Crippen molar-refractivity contribution >= 4 is 5.91 Å². The van der Waals surface area contributed by atoms with Crippen LogP contribution in [0.5, 0.6) is 0 Å². The van der Waals surface area contributed by atoms with E-state index in [0.717, 1.165) is 38.0 Å². The van der Waals surface area contributed by atoms with E-state index >= 15 is 0 Å². The summed E-state index contributed by atoms with van der Waals surface area (Å²) in [4.78, 5) is 16.5. The highest BCUT2D eigenvalue weighted by Gasteiger charge is 2.31. The van der Waals surface area contributed by atoms with Gasteiger partial charge in [0, 0.05) is 19.1 Å². The normalized spacial score (nSPS) is 28.6.